The molecule has 0 bridgehead atoms. The number of aromatic hydroxyl groups is 1. The number of aromatic nitrogens is 2. The first kappa shape index (κ1) is 20.2. The average molecular weight is 415 g/mol. The van der Waals surface area contributed by atoms with Crippen LogP contribution in [0.5, 0.6) is 5.75 Å². The molecule has 7 heteroatoms. The van der Waals surface area contributed by atoms with E-state index >= 15 is 0 Å². The average Bonchev–Trinajstić information content (AvgIpc) is 3.29. The second-order valence-electron chi connectivity index (χ2n) is 7.08. The Morgan fingerprint density at radius 3 is 2.48 bits per heavy atom. The van der Waals surface area contributed by atoms with Gasteiger partial charge in [-0.25, -0.2) is 14.8 Å². The zero-order valence-corrected chi connectivity index (χ0v) is 16.6. The zero-order valence-electron chi connectivity index (χ0n) is 16.6. The molecule has 31 heavy (non-hydrogen) atoms. The van der Waals surface area contributed by atoms with Gasteiger partial charge in [0.05, 0.1) is 23.8 Å². The molecule has 1 atom stereocenters. The van der Waals surface area contributed by atoms with Gasteiger partial charge in [-0.2, -0.15) is 0 Å². The quantitative estimate of drug-likeness (QED) is 0.397. The minimum absolute atomic E-state index is 0.168. The van der Waals surface area contributed by atoms with Gasteiger partial charge < -0.3 is 19.9 Å². The van der Waals surface area contributed by atoms with Gasteiger partial charge in [0, 0.05) is 18.4 Å². The molecule has 3 N–H and O–H groups in total. The summed E-state index contributed by atoms with van der Waals surface area (Å²) in [7, 11) is 0. The fourth-order valence-corrected chi connectivity index (χ4v) is 3.23. The lowest BCUT2D eigenvalue weighted by Crippen LogP contribution is -2.32. The number of furan rings is 1. The molecule has 0 radical (unpaired) electrons. The summed E-state index contributed by atoms with van der Waals surface area (Å²) in [5.74, 6) is 0.136. The molecule has 2 aromatic heterocycles. The fourth-order valence-electron chi connectivity index (χ4n) is 3.23. The van der Waals surface area contributed by atoms with E-state index in [9.17, 15) is 15.0 Å². The Morgan fingerprint density at radius 1 is 1.03 bits per heavy atom. The second kappa shape index (κ2) is 9.13. The molecule has 0 aliphatic rings. The fraction of sp³-hybridized carbons (Fsp3) is 0.125. The van der Waals surface area contributed by atoms with Crippen molar-refractivity contribution in [3.8, 4) is 17.0 Å². The van der Waals surface area contributed by atoms with Crippen LogP contribution >= 0.6 is 0 Å². The van der Waals surface area contributed by atoms with Gasteiger partial charge in [0.2, 0.25) is 0 Å². The van der Waals surface area contributed by atoms with Crippen LogP contribution < -0.4 is 5.32 Å². The second-order valence-corrected chi connectivity index (χ2v) is 7.08. The molecule has 2 heterocycles. The Kier molecular flexibility index (Phi) is 5.93. The predicted octanol–water partition coefficient (Wildman–Crippen LogP) is 4.14. The third-order valence-corrected chi connectivity index (χ3v) is 4.82. The van der Waals surface area contributed by atoms with Crippen LogP contribution in [0.2, 0.25) is 0 Å². The van der Waals surface area contributed by atoms with Gasteiger partial charge in [-0.1, -0.05) is 30.3 Å². The number of hydrogen-bond acceptors (Lipinski definition) is 6. The SMILES string of the molecule is O=C(O)C(Cc1ccco1)Nc1ncc(-c2ccc(O)cc2)nc1Cc1ccccc1. The monoisotopic (exact) mass is 415 g/mol. The molecule has 0 amide bonds. The van der Waals surface area contributed by atoms with E-state index in [0.717, 1.165) is 11.1 Å². The largest absolute Gasteiger partial charge is 0.508 e. The lowest BCUT2D eigenvalue weighted by molar-refractivity contribution is -0.138. The Bertz CT molecular complexity index is 1140. The van der Waals surface area contributed by atoms with Crippen LogP contribution in [0.15, 0.2) is 83.6 Å². The summed E-state index contributed by atoms with van der Waals surface area (Å²) in [6.45, 7) is 0. The van der Waals surface area contributed by atoms with E-state index in [2.05, 4.69) is 10.3 Å². The van der Waals surface area contributed by atoms with Crippen LogP contribution in [0.25, 0.3) is 11.3 Å². The molecule has 2 aromatic carbocycles. The number of rotatable bonds is 8. The highest BCUT2D eigenvalue weighted by atomic mass is 16.4. The molecule has 1 unspecified atom stereocenters. The summed E-state index contributed by atoms with van der Waals surface area (Å²) >= 11 is 0. The molecule has 7 nitrogen and oxygen atoms in total. The zero-order chi connectivity index (χ0) is 21.6. The van der Waals surface area contributed by atoms with Crippen molar-refractivity contribution >= 4 is 11.8 Å². The van der Waals surface area contributed by atoms with Crippen LogP contribution in [0.3, 0.4) is 0 Å². The molecule has 0 aliphatic carbocycles. The molecule has 4 aromatic rings. The molecule has 156 valence electrons. The van der Waals surface area contributed by atoms with E-state index in [4.69, 9.17) is 9.40 Å². The van der Waals surface area contributed by atoms with Crippen molar-refractivity contribution in [2.75, 3.05) is 5.32 Å². The molecule has 0 saturated heterocycles. The summed E-state index contributed by atoms with van der Waals surface area (Å²) in [6, 6.07) is 19.0. The molecule has 0 spiro atoms. The van der Waals surface area contributed by atoms with Crippen LogP contribution in [-0.2, 0) is 17.6 Å². The molecule has 0 saturated carbocycles. The molecular formula is C24H21N3O4. The topological polar surface area (TPSA) is 108 Å². The highest BCUT2D eigenvalue weighted by molar-refractivity contribution is 5.77. The van der Waals surface area contributed by atoms with Crippen molar-refractivity contribution in [2.45, 2.75) is 18.9 Å². The van der Waals surface area contributed by atoms with Gasteiger partial charge in [-0.3, -0.25) is 0 Å². The van der Waals surface area contributed by atoms with Crippen molar-refractivity contribution < 1.29 is 19.4 Å². The number of nitrogens with zero attached hydrogens (tertiary/aromatic N) is 2. The minimum atomic E-state index is -1.01. The first-order chi connectivity index (χ1) is 15.1. The molecule has 4 rings (SSSR count). The normalized spacial score (nSPS) is 11.7. The Balaban J connectivity index is 1.67. The standard InChI is InChI=1S/C24H21N3O4/c28-18-10-8-17(9-11-18)22-15-25-23(20(26-22)13-16-5-2-1-3-6-16)27-21(24(29)30)14-19-7-4-12-31-19/h1-12,15,21,28H,13-14H2,(H,25,27)(H,29,30). The van der Waals surface area contributed by atoms with Gasteiger partial charge in [0.25, 0.3) is 0 Å². The van der Waals surface area contributed by atoms with Crippen LogP contribution in [0.1, 0.15) is 17.0 Å². The van der Waals surface area contributed by atoms with Crippen molar-refractivity contribution in [1.29, 1.82) is 0 Å². The van der Waals surface area contributed by atoms with E-state index in [1.807, 2.05) is 30.3 Å². The maximum Gasteiger partial charge on any atom is 0.326 e. The summed E-state index contributed by atoms with van der Waals surface area (Å²) in [5, 5.41) is 22.3. The van der Waals surface area contributed by atoms with Crippen molar-refractivity contribution in [3.63, 3.8) is 0 Å². The van der Waals surface area contributed by atoms with E-state index in [-0.39, 0.29) is 12.2 Å². The number of carboxylic acids is 1. The van der Waals surface area contributed by atoms with E-state index in [1.54, 1.807) is 42.6 Å². The van der Waals surface area contributed by atoms with Crippen molar-refractivity contribution in [3.05, 3.63) is 96.2 Å². The number of nitrogens with one attached hydrogen (secondary N) is 1. The number of benzene rings is 2. The number of anilines is 1. The first-order valence-electron chi connectivity index (χ1n) is 9.79. The first-order valence-corrected chi connectivity index (χ1v) is 9.79. The molecule has 0 aliphatic heterocycles. The maximum atomic E-state index is 11.8. The van der Waals surface area contributed by atoms with Crippen LogP contribution in [-0.4, -0.2) is 32.2 Å². The van der Waals surface area contributed by atoms with Crippen LogP contribution in [0, 0.1) is 0 Å². The third kappa shape index (κ3) is 5.08. The Hall–Kier alpha value is -4.13. The van der Waals surface area contributed by atoms with Crippen molar-refractivity contribution in [1.82, 2.24) is 9.97 Å². The number of phenolic OH excluding ortho intramolecular Hbond substituents is 1. The van der Waals surface area contributed by atoms with Crippen LogP contribution in [0.4, 0.5) is 5.82 Å². The Morgan fingerprint density at radius 2 is 1.81 bits per heavy atom. The smallest absolute Gasteiger partial charge is 0.326 e. The summed E-state index contributed by atoms with van der Waals surface area (Å²) < 4.78 is 5.30. The third-order valence-electron chi connectivity index (χ3n) is 4.82. The van der Waals surface area contributed by atoms with Gasteiger partial charge in [-0.15, -0.1) is 0 Å². The van der Waals surface area contributed by atoms with Gasteiger partial charge in [0.15, 0.2) is 0 Å². The number of carbonyl (C=O) groups is 1. The summed E-state index contributed by atoms with van der Waals surface area (Å²) in [6.07, 6.45) is 3.76. The minimum Gasteiger partial charge on any atom is -0.508 e. The number of phenols is 1. The number of aliphatic carboxylic acids is 1. The van der Waals surface area contributed by atoms with Gasteiger partial charge >= 0.3 is 5.97 Å². The lowest BCUT2D eigenvalue weighted by Gasteiger charge is -2.17. The molecule has 0 fully saturated rings. The van der Waals surface area contributed by atoms with E-state index in [1.165, 1.54) is 6.26 Å². The van der Waals surface area contributed by atoms with Gasteiger partial charge in [0.1, 0.15) is 23.4 Å². The highest BCUT2D eigenvalue weighted by Crippen LogP contribution is 2.24. The van der Waals surface area contributed by atoms with E-state index in [0.29, 0.717) is 29.4 Å². The highest BCUT2D eigenvalue weighted by Gasteiger charge is 2.22. The van der Waals surface area contributed by atoms with E-state index < -0.39 is 12.0 Å². The van der Waals surface area contributed by atoms with Gasteiger partial charge in [-0.05, 0) is 42.0 Å². The maximum absolute atomic E-state index is 11.8. The Labute approximate surface area is 179 Å². The summed E-state index contributed by atoms with van der Waals surface area (Å²) in [4.78, 5) is 21.1. The lowest BCUT2D eigenvalue weighted by atomic mass is 10.1. The van der Waals surface area contributed by atoms with Crippen molar-refractivity contribution in [2.24, 2.45) is 0 Å². The number of carboxylic acid groups (broad SMARTS) is 1. The molecular weight excluding hydrogens is 394 g/mol. The number of hydrogen-bond donors (Lipinski definition) is 3. The predicted molar refractivity (Wildman–Crippen MR) is 116 cm³/mol. The summed E-state index contributed by atoms with van der Waals surface area (Å²) in [5.41, 5.74) is 3.09.